The van der Waals surface area contributed by atoms with Crippen LogP contribution in [0.3, 0.4) is 0 Å². The maximum Gasteiger partial charge on any atom is 0.191 e. The third kappa shape index (κ3) is 7.95. The maximum absolute atomic E-state index is 4.79. The number of aryl methyl sites for hydroxylation is 1. The van der Waals surface area contributed by atoms with Gasteiger partial charge in [0.2, 0.25) is 0 Å². The van der Waals surface area contributed by atoms with Gasteiger partial charge in [-0.15, -0.1) is 34.2 Å². The molecule has 0 saturated carbocycles. The number of hydrogen-bond acceptors (Lipinski definition) is 4. The van der Waals surface area contributed by atoms with Gasteiger partial charge in [-0.05, 0) is 56.8 Å². The van der Waals surface area contributed by atoms with Crippen molar-refractivity contribution in [3.05, 3.63) is 47.0 Å². The summed E-state index contributed by atoms with van der Waals surface area (Å²) in [6, 6.07) is 8.96. The van der Waals surface area contributed by atoms with Crippen molar-refractivity contribution in [2.24, 2.45) is 4.99 Å². The number of halogens is 1. The summed E-state index contributed by atoms with van der Waals surface area (Å²) in [5, 5.41) is 15.7. The highest BCUT2D eigenvalue weighted by Crippen LogP contribution is 2.15. The molecule has 1 fully saturated rings. The molecule has 7 nitrogen and oxygen atoms in total. The van der Waals surface area contributed by atoms with Gasteiger partial charge in [0.1, 0.15) is 11.6 Å². The molecule has 1 aromatic heterocycles. The van der Waals surface area contributed by atoms with Crippen LogP contribution in [0.2, 0.25) is 0 Å². The second kappa shape index (κ2) is 13.9. The minimum atomic E-state index is 0. The summed E-state index contributed by atoms with van der Waals surface area (Å²) in [5.74, 6) is 3.11. The van der Waals surface area contributed by atoms with Crippen LogP contribution in [-0.2, 0) is 32.5 Å². The molecule has 0 spiro atoms. The van der Waals surface area contributed by atoms with Crippen LogP contribution in [0.15, 0.2) is 29.3 Å². The number of nitrogens with one attached hydrogen (secondary N) is 2. The summed E-state index contributed by atoms with van der Waals surface area (Å²) in [4.78, 5) is 7.36. The molecule has 0 amide bonds. The minimum Gasteiger partial charge on any atom is -0.357 e. The van der Waals surface area contributed by atoms with E-state index in [1.165, 1.54) is 62.7 Å². The van der Waals surface area contributed by atoms with Gasteiger partial charge >= 0.3 is 0 Å². The van der Waals surface area contributed by atoms with Crippen LogP contribution >= 0.6 is 24.0 Å². The highest BCUT2D eigenvalue weighted by atomic mass is 127. The number of benzene rings is 1. The topological polar surface area (TPSA) is 70.4 Å². The lowest BCUT2D eigenvalue weighted by Crippen LogP contribution is -2.38. The SMILES string of the molecule is CCNC(=NCc1ccc(CN2CCCCC2)cc1)NCCc1nnc2n1CCCCC2.I. The fraction of sp³-hybridized carbons (Fsp3) is 0.640. The lowest BCUT2D eigenvalue weighted by Gasteiger charge is -2.26. The molecule has 0 radical (unpaired) electrons. The van der Waals surface area contributed by atoms with Crippen LogP contribution < -0.4 is 10.6 Å². The average Bonchev–Trinajstić information content (AvgIpc) is 3.05. The largest absolute Gasteiger partial charge is 0.357 e. The lowest BCUT2D eigenvalue weighted by molar-refractivity contribution is 0.221. The number of nitrogens with zero attached hydrogens (tertiary/aromatic N) is 5. The first-order chi connectivity index (χ1) is 15.8. The van der Waals surface area contributed by atoms with Crippen molar-refractivity contribution in [3.8, 4) is 0 Å². The molecule has 2 aliphatic heterocycles. The number of guanidine groups is 1. The summed E-state index contributed by atoms with van der Waals surface area (Å²) < 4.78 is 2.32. The van der Waals surface area contributed by atoms with Crippen LogP contribution in [0, 0.1) is 0 Å². The van der Waals surface area contributed by atoms with Crippen LogP contribution in [0.1, 0.15) is 68.2 Å². The Kier molecular flexibility index (Phi) is 10.9. The monoisotopic (exact) mass is 565 g/mol. The first-order valence-electron chi connectivity index (χ1n) is 12.5. The van der Waals surface area contributed by atoms with Gasteiger partial charge in [-0.2, -0.15) is 0 Å². The van der Waals surface area contributed by atoms with Gasteiger partial charge in [-0.25, -0.2) is 4.99 Å². The molecule has 4 rings (SSSR count). The second-order valence-corrected chi connectivity index (χ2v) is 9.02. The number of rotatable bonds is 8. The van der Waals surface area contributed by atoms with Crippen molar-refractivity contribution in [1.29, 1.82) is 0 Å². The zero-order chi connectivity index (χ0) is 22.0. The Balaban J connectivity index is 0.00000306. The van der Waals surface area contributed by atoms with Crippen molar-refractivity contribution in [2.45, 2.75) is 77.9 Å². The van der Waals surface area contributed by atoms with Gasteiger partial charge in [0, 0.05) is 39.0 Å². The van der Waals surface area contributed by atoms with Gasteiger partial charge in [0.05, 0.1) is 6.54 Å². The Bertz CT molecular complexity index is 856. The van der Waals surface area contributed by atoms with Crippen LogP contribution in [0.5, 0.6) is 0 Å². The maximum atomic E-state index is 4.79. The molecule has 182 valence electrons. The predicted molar refractivity (Wildman–Crippen MR) is 145 cm³/mol. The van der Waals surface area contributed by atoms with Gasteiger partial charge in [-0.1, -0.05) is 37.1 Å². The van der Waals surface area contributed by atoms with E-state index in [2.05, 4.69) is 61.5 Å². The van der Waals surface area contributed by atoms with E-state index in [0.717, 1.165) is 56.6 Å². The molecule has 33 heavy (non-hydrogen) atoms. The molecule has 2 N–H and O–H groups in total. The molecule has 8 heteroatoms. The Morgan fingerprint density at radius 3 is 2.42 bits per heavy atom. The Morgan fingerprint density at radius 1 is 0.909 bits per heavy atom. The number of hydrogen-bond donors (Lipinski definition) is 2. The Morgan fingerprint density at radius 2 is 1.64 bits per heavy atom. The number of likely N-dealkylation sites (tertiary alicyclic amines) is 1. The third-order valence-electron chi connectivity index (χ3n) is 6.47. The van der Waals surface area contributed by atoms with Gasteiger partial charge in [0.25, 0.3) is 0 Å². The number of fused-ring (bicyclic) bond motifs is 1. The molecule has 3 heterocycles. The van der Waals surface area contributed by atoms with Crippen molar-refractivity contribution >= 4 is 29.9 Å². The fourth-order valence-electron chi connectivity index (χ4n) is 4.66. The first kappa shape index (κ1) is 25.9. The van der Waals surface area contributed by atoms with Crippen molar-refractivity contribution in [1.82, 2.24) is 30.3 Å². The molecule has 0 aliphatic carbocycles. The second-order valence-electron chi connectivity index (χ2n) is 9.02. The molecule has 2 aliphatic rings. The molecule has 2 aromatic rings. The molecule has 0 bridgehead atoms. The fourth-order valence-corrected chi connectivity index (χ4v) is 4.66. The van der Waals surface area contributed by atoms with Crippen LogP contribution in [-0.4, -0.2) is 51.8 Å². The standard InChI is InChI=1S/C25H39N7.HI/c1-2-26-25(27-15-14-24-30-29-23-9-5-3-8-18-32(23)24)28-19-21-10-12-22(13-11-21)20-31-16-6-4-7-17-31;/h10-13H,2-9,14-20H2,1H3,(H2,26,27,28);1H. The van der Waals surface area contributed by atoms with E-state index in [1.807, 2.05) is 0 Å². The van der Waals surface area contributed by atoms with Crippen LogP contribution in [0.4, 0.5) is 0 Å². The predicted octanol–water partition coefficient (Wildman–Crippen LogP) is 3.91. The van der Waals surface area contributed by atoms with Gasteiger partial charge < -0.3 is 15.2 Å². The van der Waals surface area contributed by atoms with E-state index in [1.54, 1.807) is 0 Å². The Labute approximate surface area is 215 Å². The summed E-state index contributed by atoms with van der Waals surface area (Å²) in [7, 11) is 0. The summed E-state index contributed by atoms with van der Waals surface area (Å²) in [6.45, 7) is 9.03. The molecular weight excluding hydrogens is 525 g/mol. The zero-order valence-electron chi connectivity index (χ0n) is 20.1. The Hall–Kier alpha value is -1.68. The number of aliphatic imine (C=N–C) groups is 1. The van der Waals surface area contributed by atoms with E-state index < -0.39 is 0 Å². The highest BCUT2D eigenvalue weighted by Gasteiger charge is 2.14. The van der Waals surface area contributed by atoms with E-state index >= 15 is 0 Å². The molecule has 1 aromatic carbocycles. The van der Waals surface area contributed by atoms with Crippen molar-refractivity contribution in [3.63, 3.8) is 0 Å². The zero-order valence-corrected chi connectivity index (χ0v) is 22.4. The number of piperidine rings is 1. The third-order valence-corrected chi connectivity index (χ3v) is 6.47. The van der Waals surface area contributed by atoms with E-state index in [4.69, 9.17) is 4.99 Å². The average molecular weight is 566 g/mol. The van der Waals surface area contributed by atoms with Gasteiger partial charge in [-0.3, -0.25) is 4.90 Å². The van der Waals surface area contributed by atoms with Crippen LogP contribution in [0.25, 0.3) is 0 Å². The molecule has 0 atom stereocenters. The smallest absolute Gasteiger partial charge is 0.191 e. The summed E-state index contributed by atoms with van der Waals surface area (Å²) >= 11 is 0. The highest BCUT2D eigenvalue weighted by molar-refractivity contribution is 14.0. The molecular formula is C25H40IN7. The first-order valence-corrected chi connectivity index (χ1v) is 12.5. The van der Waals surface area contributed by atoms with E-state index in [0.29, 0.717) is 6.54 Å². The number of aromatic nitrogens is 3. The molecule has 0 unspecified atom stereocenters. The van der Waals surface area contributed by atoms with Crippen molar-refractivity contribution < 1.29 is 0 Å². The lowest BCUT2D eigenvalue weighted by atomic mass is 10.1. The van der Waals surface area contributed by atoms with E-state index in [9.17, 15) is 0 Å². The summed E-state index contributed by atoms with van der Waals surface area (Å²) in [6.07, 6.45) is 9.73. The van der Waals surface area contributed by atoms with Gasteiger partial charge in [0.15, 0.2) is 5.96 Å². The quantitative estimate of drug-likeness (QED) is 0.289. The normalized spacial score (nSPS) is 17.1. The molecule has 1 saturated heterocycles. The summed E-state index contributed by atoms with van der Waals surface area (Å²) in [5.41, 5.74) is 2.64. The van der Waals surface area contributed by atoms with Crippen molar-refractivity contribution in [2.75, 3.05) is 26.2 Å². The minimum absolute atomic E-state index is 0. The van der Waals surface area contributed by atoms with E-state index in [-0.39, 0.29) is 24.0 Å².